The number of carboxylic acid groups (broad SMARTS) is 1. The molecule has 6 heteroatoms. The molecule has 0 bridgehead atoms. The van der Waals surface area contributed by atoms with Gasteiger partial charge in [-0.3, -0.25) is 9.59 Å². The monoisotopic (exact) mass is 261 g/mol. The van der Waals surface area contributed by atoms with E-state index in [2.05, 4.69) is 0 Å². The first-order valence-electron chi connectivity index (χ1n) is 5.76. The topological polar surface area (TPSA) is 66.8 Å². The minimum absolute atomic E-state index is 0.0610. The fraction of sp³-hybridized carbons (Fsp3) is 0.818. The molecular weight excluding hydrogens is 242 g/mol. The number of ether oxygens (including phenoxy) is 1. The third-order valence-electron chi connectivity index (χ3n) is 2.66. The molecule has 1 N–H and O–H groups in total. The Kier molecular flexibility index (Phi) is 6.36. The highest BCUT2D eigenvalue weighted by atomic mass is 32.2. The molecule has 1 atom stereocenters. The molecule has 0 spiro atoms. The highest BCUT2D eigenvalue weighted by Crippen LogP contribution is 2.26. The van der Waals surface area contributed by atoms with E-state index >= 15 is 0 Å². The number of carboxylic acids is 1. The van der Waals surface area contributed by atoms with Crippen molar-refractivity contribution in [3.8, 4) is 0 Å². The molecular formula is C11H19NO4S. The van der Waals surface area contributed by atoms with E-state index < -0.39 is 5.97 Å². The van der Waals surface area contributed by atoms with Gasteiger partial charge in [0.05, 0.1) is 11.9 Å². The van der Waals surface area contributed by atoms with Crippen LogP contribution in [-0.4, -0.2) is 59.7 Å². The van der Waals surface area contributed by atoms with Gasteiger partial charge in [-0.15, -0.1) is 11.8 Å². The van der Waals surface area contributed by atoms with Crippen LogP contribution in [0.1, 0.15) is 19.3 Å². The molecule has 1 heterocycles. The first-order valence-corrected chi connectivity index (χ1v) is 6.81. The Bertz CT molecular complexity index is 266. The summed E-state index contributed by atoms with van der Waals surface area (Å²) in [5.41, 5.74) is 0. The van der Waals surface area contributed by atoms with Gasteiger partial charge in [-0.25, -0.2) is 0 Å². The predicted octanol–water partition coefficient (Wildman–Crippen LogP) is 0.832. The Balaban J connectivity index is 2.53. The minimum atomic E-state index is -0.977. The molecule has 1 saturated heterocycles. The van der Waals surface area contributed by atoms with Crippen molar-refractivity contribution in [2.45, 2.75) is 24.5 Å². The number of hydrogen-bond donors (Lipinski definition) is 1. The van der Waals surface area contributed by atoms with Crippen molar-refractivity contribution in [2.75, 3.05) is 32.6 Å². The van der Waals surface area contributed by atoms with Crippen LogP contribution in [0.5, 0.6) is 0 Å². The molecule has 1 unspecified atom stereocenters. The van der Waals surface area contributed by atoms with Crippen LogP contribution in [0.15, 0.2) is 0 Å². The third-order valence-corrected chi connectivity index (χ3v) is 4.02. The van der Waals surface area contributed by atoms with Crippen LogP contribution in [0.2, 0.25) is 0 Å². The smallest absolute Gasteiger partial charge is 0.323 e. The molecule has 0 saturated carbocycles. The fourth-order valence-electron chi connectivity index (χ4n) is 1.77. The van der Waals surface area contributed by atoms with Gasteiger partial charge in [0, 0.05) is 13.7 Å². The minimum Gasteiger partial charge on any atom is -0.480 e. The maximum absolute atomic E-state index is 12.1. The Morgan fingerprint density at radius 3 is 2.76 bits per heavy atom. The molecule has 0 aromatic rings. The lowest BCUT2D eigenvalue weighted by Crippen LogP contribution is -2.43. The van der Waals surface area contributed by atoms with Crippen molar-refractivity contribution in [3.05, 3.63) is 0 Å². The van der Waals surface area contributed by atoms with Crippen LogP contribution in [0.3, 0.4) is 0 Å². The van der Waals surface area contributed by atoms with E-state index in [0.717, 1.165) is 25.0 Å². The number of carbonyl (C=O) groups is 2. The average molecular weight is 261 g/mol. The second kappa shape index (κ2) is 7.55. The number of hydrogen-bond acceptors (Lipinski definition) is 4. The van der Waals surface area contributed by atoms with Crippen LogP contribution >= 0.6 is 11.8 Å². The van der Waals surface area contributed by atoms with Gasteiger partial charge in [0.2, 0.25) is 5.91 Å². The van der Waals surface area contributed by atoms with Gasteiger partial charge in [0.15, 0.2) is 0 Å². The van der Waals surface area contributed by atoms with Gasteiger partial charge < -0.3 is 14.7 Å². The van der Waals surface area contributed by atoms with Crippen LogP contribution in [0.4, 0.5) is 0 Å². The van der Waals surface area contributed by atoms with Crippen LogP contribution in [0, 0.1) is 0 Å². The SMILES string of the molecule is COCCN(CC(=O)O)C(=O)C1CCCCS1. The number of rotatable bonds is 6. The summed E-state index contributed by atoms with van der Waals surface area (Å²) >= 11 is 1.64. The van der Waals surface area contributed by atoms with E-state index in [1.54, 1.807) is 18.9 Å². The standard InChI is InChI=1S/C11H19NO4S/c1-16-6-5-12(8-10(13)14)11(15)9-4-2-3-7-17-9/h9H,2-8H2,1H3,(H,13,14). The quantitative estimate of drug-likeness (QED) is 0.767. The largest absolute Gasteiger partial charge is 0.480 e. The summed E-state index contributed by atoms with van der Waals surface area (Å²) in [5, 5.41) is 8.72. The molecule has 17 heavy (non-hydrogen) atoms. The second-order valence-electron chi connectivity index (χ2n) is 4.00. The maximum Gasteiger partial charge on any atom is 0.323 e. The van der Waals surface area contributed by atoms with E-state index in [-0.39, 0.29) is 17.7 Å². The molecule has 1 aliphatic rings. The van der Waals surface area contributed by atoms with Gasteiger partial charge in [0.25, 0.3) is 0 Å². The van der Waals surface area contributed by atoms with E-state index in [4.69, 9.17) is 9.84 Å². The van der Waals surface area contributed by atoms with Crippen LogP contribution < -0.4 is 0 Å². The lowest BCUT2D eigenvalue weighted by atomic mass is 10.1. The zero-order valence-electron chi connectivity index (χ0n) is 10.1. The lowest BCUT2D eigenvalue weighted by molar-refractivity contribution is -0.144. The first-order chi connectivity index (χ1) is 8.15. The Hall–Kier alpha value is -0.750. The Labute approximate surface area is 105 Å². The number of carbonyl (C=O) groups excluding carboxylic acids is 1. The molecule has 0 aromatic carbocycles. The maximum atomic E-state index is 12.1. The number of amides is 1. The number of thioether (sulfide) groups is 1. The summed E-state index contributed by atoms with van der Waals surface area (Å²) < 4.78 is 4.90. The van der Waals surface area contributed by atoms with Crippen molar-refractivity contribution < 1.29 is 19.4 Å². The molecule has 1 aliphatic heterocycles. The summed E-state index contributed by atoms with van der Waals surface area (Å²) in [5.74, 6) is -0.0499. The van der Waals surface area contributed by atoms with Gasteiger partial charge in [-0.05, 0) is 18.6 Å². The molecule has 1 rings (SSSR count). The van der Waals surface area contributed by atoms with Crippen molar-refractivity contribution in [3.63, 3.8) is 0 Å². The third kappa shape index (κ3) is 4.95. The van der Waals surface area contributed by atoms with Crippen LogP contribution in [0.25, 0.3) is 0 Å². The molecule has 0 radical (unpaired) electrons. The van der Waals surface area contributed by atoms with E-state index in [9.17, 15) is 9.59 Å². The normalized spacial score (nSPS) is 19.9. The predicted molar refractivity (Wildman–Crippen MR) is 66.2 cm³/mol. The summed E-state index contributed by atoms with van der Waals surface area (Å²) in [6.45, 7) is 0.481. The van der Waals surface area contributed by atoms with E-state index in [0.29, 0.717) is 13.2 Å². The summed E-state index contributed by atoms with van der Waals surface area (Å²) in [6.07, 6.45) is 3.05. The van der Waals surface area contributed by atoms with Gasteiger partial charge in [-0.2, -0.15) is 0 Å². The summed E-state index contributed by atoms with van der Waals surface area (Å²) in [4.78, 5) is 24.2. The first kappa shape index (κ1) is 14.3. The molecule has 0 aromatic heterocycles. The van der Waals surface area contributed by atoms with Gasteiger partial charge in [-0.1, -0.05) is 6.42 Å². The number of nitrogens with zero attached hydrogens (tertiary/aromatic N) is 1. The summed E-state index contributed by atoms with van der Waals surface area (Å²) in [6, 6.07) is 0. The van der Waals surface area contributed by atoms with Crippen molar-refractivity contribution in [1.29, 1.82) is 0 Å². The van der Waals surface area contributed by atoms with Crippen molar-refractivity contribution in [1.82, 2.24) is 4.90 Å². The molecule has 0 aliphatic carbocycles. The molecule has 98 valence electrons. The highest BCUT2D eigenvalue weighted by Gasteiger charge is 2.27. The zero-order chi connectivity index (χ0) is 12.7. The summed E-state index contributed by atoms with van der Waals surface area (Å²) in [7, 11) is 1.54. The highest BCUT2D eigenvalue weighted by molar-refractivity contribution is 8.00. The Morgan fingerprint density at radius 2 is 2.24 bits per heavy atom. The Morgan fingerprint density at radius 1 is 1.47 bits per heavy atom. The molecule has 1 amide bonds. The lowest BCUT2D eigenvalue weighted by Gasteiger charge is -2.27. The second-order valence-corrected chi connectivity index (χ2v) is 5.31. The molecule has 5 nitrogen and oxygen atoms in total. The molecule has 1 fully saturated rings. The van der Waals surface area contributed by atoms with Gasteiger partial charge >= 0.3 is 5.97 Å². The van der Waals surface area contributed by atoms with Crippen molar-refractivity contribution in [2.24, 2.45) is 0 Å². The fourth-order valence-corrected chi connectivity index (χ4v) is 3.05. The van der Waals surface area contributed by atoms with Crippen molar-refractivity contribution >= 4 is 23.6 Å². The van der Waals surface area contributed by atoms with E-state index in [1.807, 2.05) is 0 Å². The van der Waals surface area contributed by atoms with Crippen LogP contribution in [-0.2, 0) is 14.3 Å². The van der Waals surface area contributed by atoms with E-state index in [1.165, 1.54) is 4.90 Å². The average Bonchev–Trinajstić information content (AvgIpc) is 2.34. The van der Waals surface area contributed by atoms with Gasteiger partial charge in [0.1, 0.15) is 6.54 Å². The zero-order valence-corrected chi connectivity index (χ0v) is 10.9. The number of methoxy groups -OCH3 is 1. The number of aliphatic carboxylic acids is 1.